The molecule has 2 rings (SSSR count). The van der Waals surface area contributed by atoms with E-state index in [1.807, 2.05) is 4.90 Å². The minimum Gasteiger partial charge on any atom is -0.383 e. The molecule has 0 unspecified atom stereocenters. The van der Waals surface area contributed by atoms with Crippen molar-refractivity contribution in [3.63, 3.8) is 0 Å². The predicted octanol–water partition coefficient (Wildman–Crippen LogP) is 0.000100. The molecule has 0 aliphatic carbocycles. The highest BCUT2D eigenvalue weighted by molar-refractivity contribution is 5.85. The molecule has 0 saturated carbocycles. The van der Waals surface area contributed by atoms with Crippen molar-refractivity contribution in [3.05, 3.63) is 0 Å². The summed E-state index contributed by atoms with van der Waals surface area (Å²) >= 11 is 0. The number of amides is 3. The zero-order chi connectivity index (χ0) is 16.9. The molecule has 7 nitrogen and oxygen atoms in total. The SMILES string of the molecule is COCCN1CCCC2(CCN(C(=O)CNC(C)=O)CC2)C1=O. The number of hydrogen-bond donors (Lipinski definition) is 1. The van der Waals surface area contributed by atoms with E-state index in [1.54, 1.807) is 12.0 Å². The first-order valence-electron chi connectivity index (χ1n) is 8.29. The Hall–Kier alpha value is -1.63. The second-order valence-electron chi connectivity index (χ2n) is 6.46. The van der Waals surface area contributed by atoms with Gasteiger partial charge in [-0.2, -0.15) is 0 Å². The molecule has 0 aromatic rings. The first-order valence-corrected chi connectivity index (χ1v) is 8.29. The Labute approximate surface area is 137 Å². The lowest BCUT2D eigenvalue weighted by molar-refractivity contribution is -0.153. The van der Waals surface area contributed by atoms with Gasteiger partial charge in [-0.05, 0) is 25.7 Å². The van der Waals surface area contributed by atoms with E-state index in [4.69, 9.17) is 4.74 Å². The van der Waals surface area contributed by atoms with Crippen LogP contribution in [0.1, 0.15) is 32.6 Å². The van der Waals surface area contributed by atoms with E-state index in [-0.39, 0.29) is 29.7 Å². The normalized spacial score (nSPS) is 20.7. The van der Waals surface area contributed by atoms with Gasteiger partial charge in [-0.15, -0.1) is 0 Å². The molecule has 130 valence electrons. The number of carbonyl (C=O) groups is 3. The molecule has 0 aromatic carbocycles. The standard InChI is InChI=1S/C16H27N3O4/c1-13(20)17-12-14(21)18-8-5-16(6-9-18)4-3-7-19(15(16)22)10-11-23-2/h3-12H2,1-2H3,(H,17,20). The predicted molar refractivity (Wildman–Crippen MR) is 84.6 cm³/mol. The van der Waals surface area contributed by atoms with Gasteiger partial charge >= 0.3 is 0 Å². The Balaban J connectivity index is 1.90. The average Bonchev–Trinajstić information content (AvgIpc) is 2.55. The van der Waals surface area contributed by atoms with Crippen molar-refractivity contribution >= 4 is 17.7 Å². The van der Waals surface area contributed by atoms with Crippen LogP contribution in [-0.4, -0.2) is 74.0 Å². The van der Waals surface area contributed by atoms with Crippen LogP contribution >= 0.6 is 0 Å². The van der Waals surface area contributed by atoms with Gasteiger partial charge in [0.1, 0.15) is 0 Å². The molecule has 2 fully saturated rings. The maximum Gasteiger partial charge on any atom is 0.241 e. The summed E-state index contributed by atoms with van der Waals surface area (Å²) < 4.78 is 5.08. The number of carbonyl (C=O) groups excluding carboxylic acids is 3. The summed E-state index contributed by atoms with van der Waals surface area (Å²) in [7, 11) is 1.64. The molecule has 2 aliphatic rings. The summed E-state index contributed by atoms with van der Waals surface area (Å²) in [6, 6.07) is 0. The Morgan fingerprint density at radius 2 is 1.91 bits per heavy atom. The smallest absolute Gasteiger partial charge is 0.241 e. The fourth-order valence-corrected chi connectivity index (χ4v) is 3.53. The number of methoxy groups -OCH3 is 1. The molecular weight excluding hydrogens is 298 g/mol. The lowest BCUT2D eigenvalue weighted by atomic mass is 9.71. The lowest BCUT2D eigenvalue weighted by Gasteiger charge is -2.46. The number of nitrogens with zero attached hydrogens (tertiary/aromatic N) is 2. The van der Waals surface area contributed by atoms with Gasteiger partial charge in [0.05, 0.1) is 18.6 Å². The molecule has 1 spiro atoms. The van der Waals surface area contributed by atoms with Crippen LogP contribution in [0.15, 0.2) is 0 Å². The van der Waals surface area contributed by atoms with Gasteiger partial charge in [0.15, 0.2) is 0 Å². The Kier molecular flexibility index (Phi) is 5.98. The molecule has 7 heteroatoms. The van der Waals surface area contributed by atoms with E-state index in [0.717, 1.165) is 19.4 Å². The summed E-state index contributed by atoms with van der Waals surface area (Å²) in [6.07, 6.45) is 3.33. The molecular formula is C16H27N3O4. The van der Waals surface area contributed by atoms with E-state index in [9.17, 15) is 14.4 Å². The quantitative estimate of drug-likeness (QED) is 0.772. The van der Waals surface area contributed by atoms with Crippen molar-refractivity contribution in [2.24, 2.45) is 5.41 Å². The Morgan fingerprint density at radius 3 is 2.52 bits per heavy atom. The molecule has 1 N–H and O–H groups in total. The summed E-state index contributed by atoms with van der Waals surface area (Å²) in [5.74, 6) is -0.0626. The summed E-state index contributed by atoms with van der Waals surface area (Å²) in [5.41, 5.74) is -0.309. The maximum absolute atomic E-state index is 12.8. The number of piperidine rings is 2. The van der Waals surface area contributed by atoms with Crippen molar-refractivity contribution < 1.29 is 19.1 Å². The number of nitrogens with one attached hydrogen (secondary N) is 1. The van der Waals surface area contributed by atoms with Crippen LogP contribution in [0.5, 0.6) is 0 Å². The van der Waals surface area contributed by atoms with Gasteiger partial charge in [-0.3, -0.25) is 14.4 Å². The van der Waals surface area contributed by atoms with Crippen molar-refractivity contribution in [2.45, 2.75) is 32.6 Å². The largest absolute Gasteiger partial charge is 0.383 e. The summed E-state index contributed by atoms with van der Waals surface area (Å²) in [5, 5.41) is 2.53. The van der Waals surface area contributed by atoms with Crippen molar-refractivity contribution in [2.75, 3.05) is 46.4 Å². The number of ether oxygens (including phenoxy) is 1. The highest BCUT2D eigenvalue weighted by Crippen LogP contribution is 2.40. The monoisotopic (exact) mass is 325 g/mol. The molecule has 2 saturated heterocycles. The molecule has 2 aliphatic heterocycles. The molecule has 23 heavy (non-hydrogen) atoms. The van der Waals surface area contributed by atoms with Crippen LogP contribution in [0, 0.1) is 5.41 Å². The first kappa shape index (κ1) is 17.7. The molecule has 0 atom stereocenters. The van der Waals surface area contributed by atoms with Crippen LogP contribution in [0.25, 0.3) is 0 Å². The van der Waals surface area contributed by atoms with Gasteiger partial charge in [0, 0.05) is 40.2 Å². The minimum absolute atomic E-state index is 0.0379. The Morgan fingerprint density at radius 1 is 1.22 bits per heavy atom. The van der Waals surface area contributed by atoms with Gasteiger partial charge in [0.2, 0.25) is 17.7 Å². The number of likely N-dealkylation sites (tertiary alicyclic amines) is 2. The van der Waals surface area contributed by atoms with Crippen LogP contribution in [0.4, 0.5) is 0 Å². The van der Waals surface area contributed by atoms with Crippen LogP contribution in [0.3, 0.4) is 0 Å². The zero-order valence-corrected chi connectivity index (χ0v) is 14.1. The lowest BCUT2D eigenvalue weighted by Crippen LogP contribution is -2.55. The second kappa shape index (κ2) is 7.77. The van der Waals surface area contributed by atoms with Gasteiger partial charge in [-0.25, -0.2) is 0 Å². The van der Waals surface area contributed by atoms with Crippen LogP contribution in [-0.2, 0) is 19.1 Å². The summed E-state index contributed by atoms with van der Waals surface area (Å²) in [6.45, 7) is 4.61. The fraction of sp³-hybridized carbons (Fsp3) is 0.812. The van der Waals surface area contributed by atoms with Crippen LogP contribution < -0.4 is 5.32 Å². The van der Waals surface area contributed by atoms with Crippen molar-refractivity contribution in [3.8, 4) is 0 Å². The van der Waals surface area contributed by atoms with Gasteiger partial charge in [0.25, 0.3) is 0 Å². The van der Waals surface area contributed by atoms with E-state index in [1.165, 1.54) is 6.92 Å². The number of hydrogen-bond acceptors (Lipinski definition) is 4. The topological polar surface area (TPSA) is 79.0 Å². The van der Waals surface area contributed by atoms with E-state index in [0.29, 0.717) is 39.1 Å². The third-order valence-electron chi connectivity index (χ3n) is 4.95. The van der Waals surface area contributed by atoms with E-state index in [2.05, 4.69) is 5.32 Å². The molecule has 0 bridgehead atoms. The average molecular weight is 325 g/mol. The maximum atomic E-state index is 12.8. The van der Waals surface area contributed by atoms with E-state index < -0.39 is 0 Å². The third kappa shape index (κ3) is 4.22. The summed E-state index contributed by atoms with van der Waals surface area (Å²) in [4.78, 5) is 39.4. The molecule has 0 aromatic heterocycles. The van der Waals surface area contributed by atoms with Crippen molar-refractivity contribution in [1.82, 2.24) is 15.1 Å². The molecule has 0 radical (unpaired) electrons. The molecule has 3 amide bonds. The second-order valence-corrected chi connectivity index (χ2v) is 6.46. The fourth-order valence-electron chi connectivity index (χ4n) is 3.53. The zero-order valence-electron chi connectivity index (χ0n) is 14.1. The Bertz CT molecular complexity index is 458. The van der Waals surface area contributed by atoms with Gasteiger partial charge in [-0.1, -0.05) is 0 Å². The van der Waals surface area contributed by atoms with Crippen LogP contribution in [0.2, 0.25) is 0 Å². The highest BCUT2D eigenvalue weighted by atomic mass is 16.5. The first-order chi connectivity index (χ1) is 11.0. The third-order valence-corrected chi connectivity index (χ3v) is 4.95. The number of rotatable bonds is 5. The minimum atomic E-state index is -0.309. The molecule has 2 heterocycles. The van der Waals surface area contributed by atoms with Crippen molar-refractivity contribution in [1.29, 1.82) is 0 Å². The highest BCUT2D eigenvalue weighted by Gasteiger charge is 2.45. The van der Waals surface area contributed by atoms with Gasteiger partial charge < -0.3 is 19.9 Å². The van der Waals surface area contributed by atoms with E-state index >= 15 is 0 Å².